The van der Waals surface area contributed by atoms with Crippen LogP contribution >= 0.6 is 12.4 Å². The lowest BCUT2D eigenvalue weighted by atomic mass is 9.78. The molecule has 0 aromatic rings. The third kappa shape index (κ3) is 2.15. The molecule has 1 saturated heterocycles. The minimum absolute atomic E-state index is 0. The van der Waals surface area contributed by atoms with Gasteiger partial charge < -0.3 is 10.1 Å². The van der Waals surface area contributed by atoms with E-state index in [-0.39, 0.29) is 23.9 Å². The molecule has 1 aliphatic heterocycles. The van der Waals surface area contributed by atoms with E-state index in [1.807, 2.05) is 20.8 Å². The zero-order chi connectivity index (χ0) is 9.19. The Kier molecular flexibility index (Phi) is 4.71. The molecule has 0 bridgehead atoms. The van der Waals surface area contributed by atoms with Crippen molar-refractivity contribution in [2.75, 3.05) is 13.2 Å². The van der Waals surface area contributed by atoms with Crippen molar-refractivity contribution in [3.63, 3.8) is 0 Å². The summed E-state index contributed by atoms with van der Waals surface area (Å²) in [7, 11) is 0. The molecule has 1 atom stereocenters. The second-order valence-electron chi connectivity index (χ2n) is 3.52. The summed E-state index contributed by atoms with van der Waals surface area (Å²) in [6.07, 6.45) is 0.906. The monoisotopic (exact) mass is 207 g/mol. The van der Waals surface area contributed by atoms with E-state index in [1.54, 1.807) is 0 Å². The van der Waals surface area contributed by atoms with E-state index >= 15 is 0 Å². The van der Waals surface area contributed by atoms with E-state index in [9.17, 15) is 4.79 Å². The standard InChI is InChI=1S/C9H17NO2.ClH/c1-4-12-8(11)9(7(2)3)5-6-10-9;/h7,10H,4-6H2,1-3H3;1H. The Labute approximate surface area is 85.6 Å². The highest BCUT2D eigenvalue weighted by molar-refractivity contribution is 5.85. The molecule has 1 N–H and O–H groups in total. The molecule has 78 valence electrons. The maximum absolute atomic E-state index is 11.5. The highest BCUT2D eigenvalue weighted by Crippen LogP contribution is 2.28. The van der Waals surface area contributed by atoms with Crippen molar-refractivity contribution in [3.05, 3.63) is 0 Å². The molecule has 0 radical (unpaired) electrons. The molecule has 0 spiro atoms. The number of hydrogen-bond donors (Lipinski definition) is 1. The summed E-state index contributed by atoms with van der Waals surface area (Å²) in [5, 5.41) is 3.17. The van der Waals surface area contributed by atoms with E-state index in [2.05, 4.69) is 5.32 Å². The van der Waals surface area contributed by atoms with Gasteiger partial charge in [0.1, 0.15) is 5.54 Å². The van der Waals surface area contributed by atoms with Gasteiger partial charge in [0.05, 0.1) is 6.61 Å². The van der Waals surface area contributed by atoms with Crippen LogP contribution in [0.2, 0.25) is 0 Å². The third-order valence-corrected chi connectivity index (χ3v) is 2.59. The number of carbonyl (C=O) groups is 1. The van der Waals surface area contributed by atoms with E-state index in [0.29, 0.717) is 12.5 Å². The van der Waals surface area contributed by atoms with Crippen molar-refractivity contribution >= 4 is 18.4 Å². The van der Waals surface area contributed by atoms with Crippen molar-refractivity contribution in [2.45, 2.75) is 32.7 Å². The molecule has 4 heteroatoms. The van der Waals surface area contributed by atoms with E-state index < -0.39 is 0 Å². The fraction of sp³-hybridized carbons (Fsp3) is 0.889. The van der Waals surface area contributed by atoms with E-state index in [1.165, 1.54) is 0 Å². The third-order valence-electron chi connectivity index (χ3n) is 2.59. The van der Waals surface area contributed by atoms with Crippen LogP contribution in [0.3, 0.4) is 0 Å². The second-order valence-corrected chi connectivity index (χ2v) is 3.52. The highest BCUT2D eigenvalue weighted by Gasteiger charge is 2.47. The Hall–Kier alpha value is -0.280. The van der Waals surface area contributed by atoms with E-state index in [0.717, 1.165) is 13.0 Å². The van der Waals surface area contributed by atoms with Crippen LogP contribution in [-0.2, 0) is 9.53 Å². The molecule has 3 nitrogen and oxygen atoms in total. The Morgan fingerprint density at radius 3 is 2.38 bits per heavy atom. The number of esters is 1. The van der Waals surface area contributed by atoms with Gasteiger partial charge in [-0.15, -0.1) is 12.4 Å². The Bertz CT molecular complexity index is 178. The number of carbonyl (C=O) groups excluding carboxylic acids is 1. The van der Waals surface area contributed by atoms with Crippen molar-refractivity contribution < 1.29 is 9.53 Å². The number of halogens is 1. The smallest absolute Gasteiger partial charge is 0.326 e. The van der Waals surface area contributed by atoms with Gasteiger partial charge >= 0.3 is 5.97 Å². The SMILES string of the molecule is CCOC(=O)C1(C(C)C)CCN1.Cl. The van der Waals surface area contributed by atoms with Gasteiger partial charge in [-0.2, -0.15) is 0 Å². The number of nitrogens with one attached hydrogen (secondary N) is 1. The molecule has 1 fully saturated rings. The number of ether oxygens (including phenoxy) is 1. The minimum atomic E-state index is -0.379. The van der Waals surface area contributed by atoms with Gasteiger partial charge in [0, 0.05) is 0 Å². The fourth-order valence-electron chi connectivity index (χ4n) is 1.56. The van der Waals surface area contributed by atoms with Crippen LogP contribution in [0.4, 0.5) is 0 Å². The molecule has 13 heavy (non-hydrogen) atoms. The summed E-state index contributed by atoms with van der Waals surface area (Å²) >= 11 is 0. The first kappa shape index (κ1) is 12.7. The maximum Gasteiger partial charge on any atom is 0.326 e. The van der Waals surface area contributed by atoms with Gasteiger partial charge in [0.25, 0.3) is 0 Å². The Morgan fingerprint density at radius 2 is 2.15 bits per heavy atom. The lowest BCUT2D eigenvalue weighted by molar-refractivity contribution is -0.157. The van der Waals surface area contributed by atoms with Crippen molar-refractivity contribution in [1.82, 2.24) is 5.32 Å². The number of hydrogen-bond acceptors (Lipinski definition) is 3. The average Bonchev–Trinajstić information content (AvgIpc) is 1.83. The molecule has 1 heterocycles. The van der Waals surface area contributed by atoms with E-state index in [4.69, 9.17) is 4.74 Å². The van der Waals surface area contributed by atoms with Crippen LogP contribution in [0.15, 0.2) is 0 Å². The summed E-state index contributed by atoms with van der Waals surface area (Å²) in [6, 6.07) is 0. The molecule has 1 aliphatic rings. The summed E-state index contributed by atoms with van der Waals surface area (Å²) < 4.78 is 5.01. The summed E-state index contributed by atoms with van der Waals surface area (Å²) in [5.74, 6) is 0.219. The van der Waals surface area contributed by atoms with Gasteiger partial charge in [-0.1, -0.05) is 13.8 Å². The van der Waals surface area contributed by atoms with Crippen molar-refractivity contribution in [1.29, 1.82) is 0 Å². The quantitative estimate of drug-likeness (QED) is 0.711. The molecule has 0 aliphatic carbocycles. The fourth-order valence-corrected chi connectivity index (χ4v) is 1.56. The van der Waals surface area contributed by atoms with Crippen molar-refractivity contribution in [3.8, 4) is 0 Å². The van der Waals surface area contributed by atoms with Crippen LogP contribution in [0.1, 0.15) is 27.2 Å². The zero-order valence-corrected chi connectivity index (χ0v) is 9.24. The molecule has 0 aromatic heterocycles. The molecule has 1 rings (SSSR count). The topological polar surface area (TPSA) is 38.3 Å². The lowest BCUT2D eigenvalue weighted by Crippen LogP contribution is -2.66. The molecule has 0 saturated carbocycles. The summed E-state index contributed by atoms with van der Waals surface area (Å²) in [6.45, 7) is 7.32. The first-order valence-corrected chi connectivity index (χ1v) is 4.55. The van der Waals surface area contributed by atoms with Gasteiger partial charge in [0.15, 0.2) is 0 Å². The van der Waals surface area contributed by atoms with Crippen LogP contribution in [0.5, 0.6) is 0 Å². The average molecular weight is 208 g/mol. The largest absolute Gasteiger partial charge is 0.465 e. The zero-order valence-electron chi connectivity index (χ0n) is 8.42. The maximum atomic E-state index is 11.5. The normalized spacial score (nSPS) is 26.2. The first-order valence-electron chi connectivity index (χ1n) is 4.55. The molecule has 0 amide bonds. The predicted octanol–water partition coefficient (Wildman–Crippen LogP) is 1.36. The Balaban J connectivity index is 0.00000144. The second kappa shape index (κ2) is 4.82. The molecular weight excluding hydrogens is 190 g/mol. The van der Waals surface area contributed by atoms with Crippen LogP contribution in [0.25, 0.3) is 0 Å². The van der Waals surface area contributed by atoms with Gasteiger partial charge in [-0.25, -0.2) is 0 Å². The minimum Gasteiger partial charge on any atom is -0.465 e. The predicted molar refractivity (Wildman–Crippen MR) is 54.1 cm³/mol. The van der Waals surface area contributed by atoms with Crippen LogP contribution < -0.4 is 5.32 Å². The number of rotatable bonds is 3. The molecule has 0 aromatic carbocycles. The van der Waals surface area contributed by atoms with Crippen LogP contribution in [-0.4, -0.2) is 24.7 Å². The van der Waals surface area contributed by atoms with Gasteiger partial charge in [-0.05, 0) is 25.8 Å². The lowest BCUT2D eigenvalue weighted by Gasteiger charge is -2.43. The highest BCUT2D eigenvalue weighted by atomic mass is 35.5. The Morgan fingerprint density at radius 1 is 1.62 bits per heavy atom. The molecular formula is C9H18ClNO2. The molecule has 1 unspecified atom stereocenters. The summed E-state index contributed by atoms with van der Waals surface area (Å²) in [4.78, 5) is 11.5. The van der Waals surface area contributed by atoms with Gasteiger partial charge in [-0.3, -0.25) is 4.79 Å². The first-order chi connectivity index (χ1) is 5.63. The summed E-state index contributed by atoms with van der Waals surface area (Å²) in [5.41, 5.74) is -0.379. The van der Waals surface area contributed by atoms with Gasteiger partial charge in [0.2, 0.25) is 0 Å². The van der Waals surface area contributed by atoms with Crippen LogP contribution in [0, 0.1) is 5.92 Å². The van der Waals surface area contributed by atoms with Crippen molar-refractivity contribution in [2.24, 2.45) is 5.92 Å².